The summed E-state index contributed by atoms with van der Waals surface area (Å²) in [6, 6.07) is 0. The van der Waals surface area contributed by atoms with Crippen molar-refractivity contribution in [1.29, 1.82) is 0 Å². The number of hydrogen-bond donors (Lipinski definition) is 2. The molecule has 0 amide bonds. The minimum absolute atomic E-state index is 0.112. The average molecular weight is 215 g/mol. The molecule has 0 saturated heterocycles. The quantitative estimate of drug-likeness (QED) is 0.744. The summed E-state index contributed by atoms with van der Waals surface area (Å²) >= 11 is 0. The van der Waals surface area contributed by atoms with Crippen LogP contribution in [0.2, 0.25) is 0 Å². The van der Waals surface area contributed by atoms with Gasteiger partial charge in [-0.2, -0.15) is 5.10 Å². The van der Waals surface area contributed by atoms with Gasteiger partial charge in [0, 0.05) is 24.2 Å². The van der Waals surface area contributed by atoms with Gasteiger partial charge in [0.2, 0.25) is 0 Å². The van der Waals surface area contributed by atoms with E-state index in [0.717, 1.165) is 17.8 Å². The fourth-order valence-corrected chi connectivity index (χ4v) is 3.04. The summed E-state index contributed by atoms with van der Waals surface area (Å²) in [5, 5.41) is 9.97. The van der Waals surface area contributed by atoms with E-state index >= 15 is 0 Å². The molecule has 14 heavy (non-hydrogen) atoms. The van der Waals surface area contributed by atoms with Crippen LogP contribution in [0.15, 0.2) is 0 Å². The number of nitrogens with one attached hydrogen (secondary N) is 2. The van der Waals surface area contributed by atoms with Crippen molar-refractivity contribution in [3.05, 3.63) is 11.3 Å². The third-order valence-corrected chi connectivity index (χ3v) is 3.88. The number of aromatic amines is 1. The molecular weight excluding hydrogens is 202 g/mol. The summed E-state index contributed by atoms with van der Waals surface area (Å²) < 4.78 is 22.8. The van der Waals surface area contributed by atoms with Gasteiger partial charge in [-0.1, -0.05) is 0 Å². The molecule has 0 atom stereocenters. The number of nitrogens with zero attached hydrogens (tertiary/aromatic N) is 1. The highest BCUT2D eigenvalue weighted by molar-refractivity contribution is 7.90. The number of hydrogen-bond acceptors (Lipinski definition) is 4. The fraction of sp³-hybridized carbons (Fsp3) is 0.625. The van der Waals surface area contributed by atoms with Crippen LogP contribution in [0.25, 0.3) is 0 Å². The van der Waals surface area contributed by atoms with Gasteiger partial charge in [-0.25, -0.2) is 8.42 Å². The van der Waals surface area contributed by atoms with Gasteiger partial charge in [-0.3, -0.25) is 5.10 Å². The summed E-state index contributed by atoms with van der Waals surface area (Å²) in [5.41, 5.74) is 1.77. The predicted molar refractivity (Wildman–Crippen MR) is 53.9 cm³/mol. The normalized spacial score (nSPS) is 18.9. The first-order chi connectivity index (χ1) is 6.62. The summed E-state index contributed by atoms with van der Waals surface area (Å²) in [7, 11) is -2.91. The number of fused-ring (bicyclic) bond motifs is 1. The number of sulfone groups is 1. The molecule has 0 spiro atoms. The summed E-state index contributed by atoms with van der Waals surface area (Å²) in [4.78, 5) is 0. The van der Waals surface area contributed by atoms with Crippen LogP contribution in [0.3, 0.4) is 0 Å². The summed E-state index contributed by atoms with van der Waals surface area (Å²) in [5.74, 6) is 1.03. The molecule has 0 saturated carbocycles. The number of rotatable bonds is 2. The standard InChI is InChI=1S/C8H13N3O2S/c1-2-9-8-6-5-14(12,13)4-3-7(6)10-11-8/h2-5H2,1H3,(H2,9,10,11). The van der Waals surface area contributed by atoms with Crippen molar-refractivity contribution in [2.75, 3.05) is 17.6 Å². The third kappa shape index (κ3) is 1.61. The van der Waals surface area contributed by atoms with Crippen LogP contribution in [0.4, 0.5) is 5.82 Å². The van der Waals surface area contributed by atoms with E-state index in [4.69, 9.17) is 0 Å². The smallest absolute Gasteiger partial charge is 0.155 e. The maximum Gasteiger partial charge on any atom is 0.155 e. The maximum atomic E-state index is 11.4. The van der Waals surface area contributed by atoms with E-state index in [1.54, 1.807) is 0 Å². The maximum absolute atomic E-state index is 11.4. The van der Waals surface area contributed by atoms with Crippen molar-refractivity contribution in [3.8, 4) is 0 Å². The van der Waals surface area contributed by atoms with Crippen LogP contribution in [-0.4, -0.2) is 30.9 Å². The lowest BCUT2D eigenvalue weighted by Gasteiger charge is -2.12. The molecule has 0 unspecified atom stereocenters. The Morgan fingerprint density at radius 1 is 1.57 bits per heavy atom. The van der Waals surface area contributed by atoms with Crippen molar-refractivity contribution in [1.82, 2.24) is 10.2 Å². The van der Waals surface area contributed by atoms with Crippen LogP contribution < -0.4 is 5.32 Å². The largest absolute Gasteiger partial charge is 0.369 e. The molecule has 2 N–H and O–H groups in total. The number of aryl methyl sites for hydroxylation is 1. The van der Waals surface area contributed by atoms with E-state index in [2.05, 4.69) is 15.5 Å². The van der Waals surface area contributed by atoms with E-state index in [0.29, 0.717) is 12.2 Å². The van der Waals surface area contributed by atoms with E-state index in [9.17, 15) is 8.42 Å². The van der Waals surface area contributed by atoms with Crippen molar-refractivity contribution in [3.63, 3.8) is 0 Å². The molecule has 78 valence electrons. The van der Waals surface area contributed by atoms with Crippen LogP contribution >= 0.6 is 0 Å². The number of aromatic nitrogens is 2. The Balaban J connectivity index is 2.37. The van der Waals surface area contributed by atoms with Crippen molar-refractivity contribution < 1.29 is 8.42 Å². The van der Waals surface area contributed by atoms with Crippen molar-refractivity contribution in [2.24, 2.45) is 0 Å². The van der Waals surface area contributed by atoms with Crippen LogP contribution in [0.1, 0.15) is 18.2 Å². The summed E-state index contributed by atoms with van der Waals surface area (Å²) in [6.45, 7) is 2.70. The molecule has 0 fully saturated rings. The Bertz CT molecular complexity index is 435. The molecule has 0 bridgehead atoms. The Labute approximate surface area is 82.8 Å². The molecule has 6 heteroatoms. The van der Waals surface area contributed by atoms with E-state index < -0.39 is 9.84 Å². The molecular formula is C8H13N3O2S. The van der Waals surface area contributed by atoms with Crippen LogP contribution in [-0.2, 0) is 22.0 Å². The third-order valence-electron chi connectivity index (χ3n) is 2.32. The van der Waals surface area contributed by atoms with Gasteiger partial charge in [-0.15, -0.1) is 0 Å². The predicted octanol–water partition coefficient (Wildman–Crippen LogP) is 0.312. The monoisotopic (exact) mass is 215 g/mol. The molecule has 1 aromatic rings. The topological polar surface area (TPSA) is 74.8 Å². The zero-order chi connectivity index (χ0) is 10.2. The second kappa shape index (κ2) is 3.27. The highest BCUT2D eigenvalue weighted by Crippen LogP contribution is 2.24. The molecule has 1 aromatic heterocycles. The number of H-pyrrole nitrogens is 1. The SMILES string of the molecule is CCNc1n[nH]c2c1CS(=O)(=O)CC2. The lowest BCUT2D eigenvalue weighted by molar-refractivity contribution is 0.591. The van der Waals surface area contributed by atoms with Crippen LogP contribution in [0, 0.1) is 0 Å². The zero-order valence-corrected chi connectivity index (χ0v) is 8.82. The van der Waals surface area contributed by atoms with E-state index in [-0.39, 0.29) is 11.5 Å². The van der Waals surface area contributed by atoms with Gasteiger partial charge in [-0.05, 0) is 6.92 Å². The average Bonchev–Trinajstić information content (AvgIpc) is 2.47. The number of anilines is 1. The lowest BCUT2D eigenvalue weighted by atomic mass is 10.2. The molecule has 0 aliphatic carbocycles. The molecule has 0 radical (unpaired) electrons. The minimum Gasteiger partial charge on any atom is -0.369 e. The second-order valence-electron chi connectivity index (χ2n) is 3.40. The van der Waals surface area contributed by atoms with E-state index in [1.165, 1.54) is 0 Å². The first-order valence-corrected chi connectivity index (χ1v) is 6.45. The molecule has 2 rings (SSSR count). The minimum atomic E-state index is -2.91. The summed E-state index contributed by atoms with van der Waals surface area (Å²) in [6.07, 6.45) is 0.552. The highest BCUT2D eigenvalue weighted by Gasteiger charge is 2.25. The van der Waals surface area contributed by atoms with Gasteiger partial charge in [0.15, 0.2) is 15.7 Å². The fourth-order valence-electron chi connectivity index (χ4n) is 1.63. The lowest BCUT2D eigenvalue weighted by Crippen LogP contribution is -2.19. The van der Waals surface area contributed by atoms with Crippen molar-refractivity contribution >= 4 is 15.7 Å². The molecule has 5 nitrogen and oxygen atoms in total. The molecule has 1 aliphatic rings. The second-order valence-corrected chi connectivity index (χ2v) is 5.59. The van der Waals surface area contributed by atoms with E-state index in [1.807, 2.05) is 6.92 Å². The molecule has 0 aromatic carbocycles. The van der Waals surface area contributed by atoms with Gasteiger partial charge in [0.25, 0.3) is 0 Å². The first kappa shape index (κ1) is 9.51. The Hall–Kier alpha value is -1.04. The van der Waals surface area contributed by atoms with Gasteiger partial charge in [0.1, 0.15) is 0 Å². The van der Waals surface area contributed by atoms with Crippen LogP contribution in [0.5, 0.6) is 0 Å². The molecule has 1 aliphatic heterocycles. The van der Waals surface area contributed by atoms with Gasteiger partial charge < -0.3 is 5.32 Å². The van der Waals surface area contributed by atoms with Gasteiger partial charge >= 0.3 is 0 Å². The molecule has 2 heterocycles. The van der Waals surface area contributed by atoms with Gasteiger partial charge in [0.05, 0.1) is 11.5 Å². The zero-order valence-electron chi connectivity index (χ0n) is 8.00. The Morgan fingerprint density at radius 2 is 2.36 bits per heavy atom. The Morgan fingerprint density at radius 3 is 3.07 bits per heavy atom. The highest BCUT2D eigenvalue weighted by atomic mass is 32.2. The first-order valence-electron chi connectivity index (χ1n) is 4.63. The van der Waals surface area contributed by atoms with Crippen molar-refractivity contribution in [2.45, 2.75) is 19.1 Å². The Kier molecular flexibility index (Phi) is 2.22.